The summed E-state index contributed by atoms with van der Waals surface area (Å²) in [5.41, 5.74) is 1.49. The molecule has 23 heavy (non-hydrogen) atoms. The first-order valence-corrected chi connectivity index (χ1v) is 7.02. The van der Waals surface area contributed by atoms with Crippen molar-refractivity contribution >= 4 is 28.4 Å². The van der Waals surface area contributed by atoms with Crippen molar-refractivity contribution in [1.29, 1.82) is 0 Å². The van der Waals surface area contributed by atoms with Crippen LogP contribution in [-0.2, 0) is 0 Å². The molecule has 0 aliphatic heterocycles. The number of rotatable bonds is 4. The van der Waals surface area contributed by atoms with E-state index in [4.69, 9.17) is 16.0 Å². The van der Waals surface area contributed by atoms with E-state index in [0.29, 0.717) is 10.6 Å². The van der Waals surface area contributed by atoms with Crippen molar-refractivity contribution in [3.8, 4) is 11.5 Å². The van der Waals surface area contributed by atoms with Crippen molar-refractivity contribution in [2.45, 2.75) is 0 Å². The van der Waals surface area contributed by atoms with Crippen LogP contribution in [0.1, 0.15) is 11.5 Å². The molecule has 3 rings (SSSR count). The molecule has 0 aliphatic carbocycles. The summed E-state index contributed by atoms with van der Waals surface area (Å²) in [4.78, 5) is 10.2. The second kappa shape index (κ2) is 6.41. The van der Waals surface area contributed by atoms with Gasteiger partial charge in [-0.05, 0) is 23.8 Å². The first kappa shape index (κ1) is 14.9. The van der Waals surface area contributed by atoms with E-state index in [0.717, 1.165) is 5.56 Å². The highest BCUT2D eigenvalue weighted by Crippen LogP contribution is 2.26. The van der Waals surface area contributed by atoms with Crippen LogP contribution in [0.25, 0.3) is 22.6 Å². The molecule has 0 saturated carbocycles. The van der Waals surface area contributed by atoms with Crippen molar-refractivity contribution in [3.63, 3.8) is 0 Å². The number of nitro benzene ring substituents is 1. The predicted molar refractivity (Wildman–Crippen MR) is 86.6 cm³/mol. The molecular formula is C16H10ClN3O3. The lowest BCUT2D eigenvalue weighted by atomic mass is 10.2. The molecule has 0 unspecified atom stereocenters. The molecule has 6 nitrogen and oxygen atoms in total. The number of hydrogen-bond donors (Lipinski definition) is 0. The average Bonchev–Trinajstić information content (AvgIpc) is 3.06. The Morgan fingerprint density at radius 3 is 2.43 bits per heavy atom. The zero-order valence-corrected chi connectivity index (χ0v) is 12.5. The Kier molecular flexibility index (Phi) is 4.16. The van der Waals surface area contributed by atoms with Crippen LogP contribution < -0.4 is 0 Å². The third-order valence-electron chi connectivity index (χ3n) is 3.05. The quantitative estimate of drug-likeness (QED) is 0.524. The third-order valence-corrected chi connectivity index (χ3v) is 3.32. The molecule has 0 spiro atoms. The van der Waals surface area contributed by atoms with Crippen LogP contribution in [0.5, 0.6) is 0 Å². The van der Waals surface area contributed by atoms with Crippen LogP contribution in [0, 0.1) is 10.1 Å². The number of nitro groups is 1. The van der Waals surface area contributed by atoms with Gasteiger partial charge < -0.3 is 4.42 Å². The van der Waals surface area contributed by atoms with E-state index in [2.05, 4.69) is 10.2 Å². The number of benzene rings is 2. The summed E-state index contributed by atoms with van der Waals surface area (Å²) in [6.07, 6.45) is 1.72. The summed E-state index contributed by atoms with van der Waals surface area (Å²) in [6.45, 7) is 0. The molecule has 3 aromatic rings. The lowest BCUT2D eigenvalue weighted by Crippen LogP contribution is -1.87. The lowest BCUT2D eigenvalue weighted by molar-refractivity contribution is -0.384. The van der Waals surface area contributed by atoms with Gasteiger partial charge in [0.2, 0.25) is 5.89 Å². The number of aromatic nitrogens is 2. The van der Waals surface area contributed by atoms with Gasteiger partial charge in [0.05, 0.1) is 4.92 Å². The second-order valence-electron chi connectivity index (χ2n) is 4.62. The molecule has 0 fully saturated rings. The standard InChI is InChI=1S/C16H10ClN3O3/c17-14(10-11-4-2-1-3-5-11)16-19-18-15(23-16)12-6-8-13(9-7-12)20(21)22/h1-10H/b14-10-. The van der Waals surface area contributed by atoms with Gasteiger partial charge in [-0.15, -0.1) is 10.2 Å². The van der Waals surface area contributed by atoms with E-state index in [1.54, 1.807) is 18.2 Å². The zero-order valence-electron chi connectivity index (χ0n) is 11.7. The summed E-state index contributed by atoms with van der Waals surface area (Å²) in [6, 6.07) is 15.3. The van der Waals surface area contributed by atoms with E-state index in [1.165, 1.54) is 12.1 Å². The highest BCUT2D eigenvalue weighted by Gasteiger charge is 2.13. The number of nitrogens with zero attached hydrogens (tertiary/aromatic N) is 3. The molecule has 0 amide bonds. The molecule has 0 N–H and O–H groups in total. The van der Waals surface area contributed by atoms with E-state index in [-0.39, 0.29) is 17.5 Å². The van der Waals surface area contributed by atoms with Crippen molar-refractivity contribution in [1.82, 2.24) is 10.2 Å². The molecule has 0 radical (unpaired) electrons. The molecule has 2 aromatic carbocycles. The van der Waals surface area contributed by atoms with Crippen molar-refractivity contribution in [2.75, 3.05) is 0 Å². The van der Waals surface area contributed by atoms with Gasteiger partial charge in [0.1, 0.15) is 5.03 Å². The molecule has 0 saturated heterocycles. The maximum atomic E-state index is 10.6. The number of non-ortho nitro benzene ring substituents is 1. The summed E-state index contributed by atoms with van der Waals surface area (Å²) in [5, 5.41) is 18.8. The van der Waals surface area contributed by atoms with Gasteiger partial charge in [-0.1, -0.05) is 41.9 Å². The highest BCUT2D eigenvalue weighted by molar-refractivity contribution is 6.50. The van der Waals surface area contributed by atoms with Crippen LogP contribution in [-0.4, -0.2) is 15.1 Å². The Bertz CT molecular complexity index is 858. The SMILES string of the molecule is O=[N+]([O-])c1ccc(-c2nnc(/C(Cl)=C/c3ccccc3)o2)cc1. The maximum Gasteiger partial charge on any atom is 0.269 e. The summed E-state index contributed by atoms with van der Waals surface area (Å²) >= 11 is 6.18. The van der Waals surface area contributed by atoms with Gasteiger partial charge >= 0.3 is 0 Å². The first-order valence-electron chi connectivity index (χ1n) is 6.64. The fraction of sp³-hybridized carbons (Fsp3) is 0. The minimum Gasteiger partial charge on any atom is -0.415 e. The lowest BCUT2D eigenvalue weighted by Gasteiger charge is -1.95. The minimum atomic E-state index is -0.470. The summed E-state index contributed by atoms with van der Waals surface area (Å²) in [5.74, 6) is 0.429. The molecule has 114 valence electrons. The minimum absolute atomic E-state index is 0.00417. The maximum absolute atomic E-state index is 10.6. The largest absolute Gasteiger partial charge is 0.415 e. The molecule has 1 heterocycles. The van der Waals surface area contributed by atoms with E-state index < -0.39 is 4.92 Å². The number of halogens is 1. The molecule has 1 aromatic heterocycles. The first-order chi connectivity index (χ1) is 11.1. The van der Waals surface area contributed by atoms with Gasteiger partial charge in [-0.3, -0.25) is 10.1 Å². The van der Waals surface area contributed by atoms with Crippen LogP contribution >= 0.6 is 11.6 Å². The Morgan fingerprint density at radius 2 is 1.78 bits per heavy atom. The zero-order chi connectivity index (χ0) is 16.2. The van der Waals surface area contributed by atoms with Gasteiger partial charge in [-0.25, -0.2) is 0 Å². The predicted octanol–water partition coefficient (Wildman–Crippen LogP) is 4.38. The van der Waals surface area contributed by atoms with Crippen molar-refractivity contribution < 1.29 is 9.34 Å². The fourth-order valence-electron chi connectivity index (χ4n) is 1.92. The summed E-state index contributed by atoms with van der Waals surface area (Å²) < 4.78 is 5.51. The highest BCUT2D eigenvalue weighted by atomic mass is 35.5. The topological polar surface area (TPSA) is 82.1 Å². The van der Waals surface area contributed by atoms with E-state index in [1.807, 2.05) is 30.3 Å². The molecule has 0 bridgehead atoms. The summed E-state index contributed by atoms with van der Waals surface area (Å²) in [7, 11) is 0. The van der Waals surface area contributed by atoms with Gasteiger partial charge in [-0.2, -0.15) is 0 Å². The van der Waals surface area contributed by atoms with Gasteiger partial charge in [0.15, 0.2) is 0 Å². The van der Waals surface area contributed by atoms with Gasteiger partial charge in [0, 0.05) is 17.7 Å². The number of hydrogen-bond acceptors (Lipinski definition) is 5. The van der Waals surface area contributed by atoms with Crippen molar-refractivity contribution in [2.24, 2.45) is 0 Å². The molecule has 0 aliphatic rings. The van der Waals surface area contributed by atoms with Gasteiger partial charge in [0.25, 0.3) is 11.6 Å². The Balaban J connectivity index is 1.85. The van der Waals surface area contributed by atoms with E-state index in [9.17, 15) is 10.1 Å². The Hall–Kier alpha value is -2.99. The van der Waals surface area contributed by atoms with Crippen LogP contribution in [0.15, 0.2) is 59.0 Å². The smallest absolute Gasteiger partial charge is 0.269 e. The second-order valence-corrected chi connectivity index (χ2v) is 5.03. The fourth-order valence-corrected chi connectivity index (χ4v) is 2.12. The normalized spacial score (nSPS) is 11.4. The molecule has 7 heteroatoms. The third kappa shape index (κ3) is 3.44. The van der Waals surface area contributed by atoms with Crippen LogP contribution in [0.3, 0.4) is 0 Å². The monoisotopic (exact) mass is 327 g/mol. The van der Waals surface area contributed by atoms with Crippen molar-refractivity contribution in [3.05, 3.63) is 76.2 Å². The Labute approximate surface area is 136 Å². The molecule has 0 atom stereocenters. The van der Waals surface area contributed by atoms with Crippen LogP contribution in [0.2, 0.25) is 0 Å². The van der Waals surface area contributed by atoms with E-state index >= 15 is 0 Å². The molecular weight excluding hydrogens is 318 g/mol. The average molecular weight is 328 g/mol. The van der Waals surface area contributed by atoms with Crippen LogP contribution in [0.4, 0.5) is 5.69 Å². The Morgan fingerprint density at radius 1 is 1.09 bits per heavy atom.